The molecule has 2 heterocycles. The summed E-state index contributed by atoms with van der Waals surface area (Å²) >= 11 is 1.80. The Hall–Kier alpha value is -1.69. The van der Waals surface area contributed by atoms with Gasteiger partial charge >= 0.3 is 0 Å². The molecule has 104 valence electrons. The molecule has 0 radical (unpaired) electrons. The molecule has 0 aliphatic rings. The lowest BCUT2D eigenvalue weighted by Gasteiger charge is -2.07. The molecule has 0 aliphatic carbocycles. The lowest BCUT2D eigenvalue weighted by atomic mass is 10.2. The number of rotatable bonds is 6. The molecule has 3 rings (SSSR count). The van der Waals surface area contributed by atoms with Gasteiger partial charge in [-0.15, -0.1) is 11.3 Å². The number of ether oxygens (including phenoxy) is 1. The molecule has 0 aliphatic heterocycles. The number of hydrogen-bond donors (Lipinski definition) is 1. The van der Waals surface area contributed by atoms with Crippen LogP contribution in [0.25, 0.3) is 10.1 Å². The van der Waals surface area contributed by atoms with Crippen LogP contribution in [0.4, 0.5) is 0 Å². The van der Waals surface area contributed by atoms with Crippen molar-refractivity contribution in [3.05, 3.63) is 53.2 Å². The van der Waals surface area contributed by atoms with Crippen LogP contribution in [-0.2, 0) is 24.6 Å². The monoisotopic (exact) mass is 287 g/mol. The van der Waals surface area contributed by atoms with E-state index in [-0.39, 0.29) is 0 Å². The number of aromatic nitrogens is 2. The number of fused-ring (bicyclic) bond motifs is 1. The minimum absolute atomic E-state index is 0.491. The van der Waals surface area contributed by atoms with E-state index in [1.165, 1.54) is 15.6 Å². The molecule has 0 fully saturated rings. The normalized spacial score (nSPS) is 11.2. The van der Waals surface area contributed by atoms with Crippen LogP contribution in [0.15, 0.2) is 41.9 Å². The zero-order valence-corrected chi connectivity index (χ0v) is 12.2. The van der Waals surface area contributed by atoms with Crippen LogP contribution in [0, 0.1) is 0 Å². The van der Waals surface area contributed by atoms with E-state index in [1.807, 2.05) is 10.7 Å². The third-order valence-corrected chi connectivity index (χ3v) is 4.25. The second-order valence-electron chi connectivity index (χ2n) is 4.60. The van der Waals surface area contributed by atoms with E-state index in [0.717, 1.165) is 18.8 Å². The molecule has 0 unspecified atom stereocenters. The second kappa shape index (κ2) is 6.17. The lowest BCUT2D eigenvalue weighted by Crippen LogP contribution is -2.16. The Morgan fingerprint density at radius 1 is 1.25 bits per heavy atom. The molecule has 5 heteroatoms. The summed E-state index contributed by atoms with van der Waals surface area (Å²) in [5, 5.41) is 11.3. The predicted octanol–water partition coefficient (Wildman–Crippen LogP) is 2.99. The van der Waals surface area contributed by atoms with E-state index in [4.69, 9.17) is 4.74 Å². The molecule has 0 atom stereocenters. The van der Waals surface area contributed by atoms with Crippen molar-refractivity contribution in [1.29, 1.82) is 0 Å². The van der Waals surface area contributed by atoms with Gasteiger partial charge in [0.15, 0.2) is 0 Å². The third kappa shape index (κ3) is 2.75. The molecule has 1 N–H and O–H groups in total. The number of benzene rings is 1. The number of hydrogen-bond acceptors (Lipinski definition) is 4. The topological polar surface area (TPSA) is 39.1 Å². The van der Waals surface area contributed by atoms with Crippen LogP contribution in [-0.4, -0.2) is 16.9 Å². The van der Waals surface area contributed by atoms with Gasteiger partial charge in [-0.3, -0.25) is 0 Å². The summed E-state index contributed by atoms with van der Waals surface area (Å²) in [7, 11) is 1.68. The Morgan fingerprint density at radius 2 is 2.15 bits per heavy atom. The van der Waals surface area contributed by atoms with Gasteiger partial charge < -0.3 is 10.1 Å². The van der Waals surface area contributed by atoms with Gasteiger partial charge in [-0.1, -0.05) is 18.2 Å². The molecule has 0 amide bonds. The second-order valence-corrected chi connectivity index (χ2v) is 5.51. The number of nitrogens with zero attached hydrogens (tertiary/aromatic N) is 2. The zero-order chi connectivity index (χ0) is 13.8. The van der Waals surface area contributed by atoms with Crippen molar-refractivity contribution in [3.63, 3.8) is 0 Å². The van der Waals surface area contributed by atoms with Gasteiger partial charge in [0.25, 0.3) is 0 Å². The largest absolute Gasteiger partial charge is 0.362 e. The molecule has 20 heavy (non-hydrogen) atoms. The van der Waals surface area contributed by atoms with E-state index in [2.05, 4.69) is 40.1 Å². The first-order valence-corrected chi connectivity index (χ1v) is 7.42. The Labute approximate surface area is 122 Å². The average Bonchev–Trinajstić information content (AvgIpc) is 3.07. The summed E-state index contributed by atoms with van der Waals surface area (Å²) in [5.41, 5.74) is 2.48. The average molecular weight is 287 g/mol. The maximum atomic E-state index is 5.11. The quantitative estimate of drug-likeness (QED) is 0.757. The standard InChI is InChI=1S/C15H17N3OS/c1-19-11-18-13(6-7-17-18)9-16-8-12-10-20-15-5-3-2-4-14(12)15/h2-7,10,16H,8-9,11H2,1H3. The molecule has 0 saturated heterocycles. The van der Waals surface area contributed by atoms with Gasteiger partial charge in [-0.2, -0.15) is 5.10 Å². The van der Waals surface area contributed by atoms with Crippen molar-refractivity contribution < 1.29 is 4.74 Å². The molecule has 0 spiro atoms. The van der Waals surface area contributed by atoms with Gasteiger partial charge in [0, 0.05) is 31.1 Å². The van der Waals surface area contributed by atoms with Gasteiger partial charge in [0.1, 0.15) is 6.73 Å². The highest BCUT2D eigenvalue weighted by atomic mass is 32.1. The molecule has 1 aromatic carbocycles. The van der Waals surface area contributed by atoms with E-state index in [9.17, 15) is 0 Å². The highest BCUT2D eigenvalue weighted by molar-refractivity contribution is 7.17. The minimum Gasteiger partial charge on any atom is -0.362 e. The number of thiophene rings is 1. The van der Waals surface area contributed by atoms with Gasteiger partial charge in [0.2, 0.25) is 0 Å². The van der Waals surface area contributed by atoms with Crippen molar-refractivity contribution in [3.8, 4) is 0 Å². The summed E-state index contributed by atoms with van der Waals surface area (Å²) in [6.07, 6.45) is 1.80. The summed E-state index contributed by atoms with van der Waals surface area (Å²) in [5.74, 6) is 0. The van der Waals surface area contributed by atoms with E-state index >= 15 is 0 Å². The SMILES string of the molecule is COCn1nccc1CNCc1csc2ccccc12. The van der Waals surface area contributed by atoms with E-state index in [1.54, 1.807) is 24.6 Å². The van der Waals surface area contributed by atoms with Crippen LogP contribution in [0.5, 0.6) is 0 Å². The summed E-state index contributed by atoms with van der Waals surface area (Å²) in [6, 6.07) is 10.5. The van der Waals surface area contributed by atoms with Crippen molar-refractivity contribution in [2.45, 2.75) is 19.8 Å². The van der Waals surface area contributed by atoms with Crippen molar-refractivity contribution in [2.75, 3.05) is 7.11 Å². The molecule has 0 bridgehead atoms. The fraction of sp³-hybridized carbons (Fsp3) is 0.267. The van der Waals surface area contributed by atoms with E-state index < -0.39 is 0 Å². The van der Waals surface area contributed by atoms with Crippen LogP contribution in [0.3, 0.4) is 0 Å². The Balaban J connectivity index is 1.64. The molecular weight excluding hydrogens is 270 g/mol. The fourth-order valence-corrected chi connectivity index (χ4v) is 3.21. The molecule has 0 saturated carbocycles. The smallest absolute Gasteiger partial charge is 0.139 e. The Bertz CT molecular complexity index is 689. The van der Waals surface area contributed by atoms with Crippen LogP contribution in [0.2, 0.25) is 0 Å². The fourth-order valence-electron chi connectivity index (χ4n) is 2.24. The van der Waals surface area contributed by atoms with Crippen LogP contribution < -0.4 is 5.32 Å². The minimum atomic E-state index is 0.491. The Morgan fingerprint density at radius 3 is 3.05 bits per heavy atom. The summed E-state index contributed by atoms with van der Waals surface area (Å²) < 4.78 is 8.31. The van der Waals surface area contributed by atoms with Gasteiger partial charge in [-0.25, -0.2) is 4.68 Å². The maximum absolute atomic E-state index is 5.11. The first-order chi connectivity index (χ1) is 9.88. The van der Waals surface area contributed by atoms with Gasteiger partial charge in [0.05, 0.1) is 5.69 Å². The molecular formula is C15H17N3OS. The molecule has 4 nitrogen and oxygen atoms in total. The first-order valence-electron chi connectivity index (χ1n) is 6.54. The predicted molar refractivity (Wildman–Crippen MR) is 81.6 cm³/mol. The zero-order valence-electron chi connectivity index (χ0n) is 11.4. The molecule has 3 aromatic rings. The highest BCUT2D eigenvalue weighted by Crippen LogP contribution is 2.25. The molecule has 2 aromatic heterocycles. The summed E-state index contributed by atoms with van der Waals surface area (Å²) in [4.78, 5) is 0. The van der Waals surface area contributed by atoms with Crippen molar-refractivity contribution in [2.24, 2.45) is 0 Å². The van der Waals surface area contributed by atoms with Crippen LogP contribution in [0.1, 0.15) is 11.3 Å². The number of methoxy groups -OCH3 is 1. The van der Waals surface area contributed by atoms with Crippen LogP contribution >= 0.6 is 11.3 Å². The highest BCUT2D eigenvalue weighted by Gasteiger charge is 2.04. The van der Waals surface area contributed by atoms with E-state index in [0.29, 0.717) is 6.73 Å². The maximum Gasteiger partial charge on any atom is 0.139 e. The summed E-state index contributed by atoms with van der Waals surface area (Å²) in [6.45, 7) is 2.14. The van der Waals surface area contributed by atoms with Crippen molar-refractivity contribution >= 4 is 21.4 Å². The Kier molecular flexibility index (Phi) is 4.11. The lowest BCUT2D eigenvalue weighted by molar-refractivity contribution is 0.117. The third-order valence-electron chi connectivity index (χ3n) is 3.24. The van der Waals surface area contributed by atoms with Crippen molar-refractivity contribution in [1.82, 2.24) is 15.1 Å². The number of nitrogens with one attached hydrogen (secondary N) is 1. The first kappa shape index (κ1) is 13.3. The van der Waals surface area contributed by atoms with Gasteiger partial charge in [-0.05, 0) is 28.5 Å².